The van der Waals surface area contributed by atoms with Crippen LogP contribution in [0.5, 0.6) is 11.5 Å². The topological polar surface area (TPSA) is 116 Å². The smallest absolute Gasteiger partial charge is 0.270 e. The summed E-state index contributed by atoms with van der Waals surface area (Å²) in [7, 11) is 3.13. The maximum absolute atomic E-state index is 12.5. The molecule has 0 aliphatic carbocycles. The fourth-order valence-corrected chi connectivity index (χ4v) is 3.23. The largest absolute Gasteiger partial charge is 0.497 e. The second-order valence-corrected chi connectivity index (χ2v) is 6.60. The number of methoxy groups -OCH3 is 2. The number of benzene rings is 2. The normalized spacial score (nSPS) is 10.2. The van der Waals surface area contributed by atoms with Crippen molar-refractivity contribution >= 4 is 39.0 Å². The van der Waals surface area contributed by atoms with E-state index in [1.807, 2.05) is 0 Å². The Balaban J connectivity index is 1.79. The molecule has 4 N–H and O–H groups in total. The van der Waals surface area contributed by atoms with E-state index < -0.39 is 5.91 Å². The van der Waals surface area contributed by atoms with Crippen molar-refractivity contribution in [2.24, 2.45) is 5.73 Å². The Kier molecular flexibility index (Phi) is 5.75. The quantitative estimate of drug-likeness (QED) is 0.563. The summed E-state index contributed by atoms with van der Waals surface area (Å²) < 4.78 is 10.2. The number of amides is 2. The fourth-order valence-electron chi connectivity index (χ4n) is 2.34. The van der Waals surface area contributed by atoms with Gasteiger partial charge in [-0.25, -0.2) is 4.98 Å². The number of nitrogens with two attached hydrogens (primary N) is 1. The molecule has 0 radical (unpaired) electrons. The van der Waals surface area contributed by atoms with E-state index in [0.717, 1.165) is 22.8 Å². The lowest BCUT2D eigenvalue weighted by molar-refractivity contribution is 0.0997. The third-order valence-corrected chi connectivity index (χ3v) is 4.67. The van der Waals surface area contributed by atoms with Crippen molar-refractivity contribution in [3.63, 3.8) is 0 Å². The van der Waals surface area contributed by atoms with E-state index in [1.165, 1.54) is 0 Å². The molecule has 1 aromatic heterocycles. The number of carbonyl (C=O) groups is 2. The van der Waals surface area contributed by atoms with Gasteiger partial charge in [0.15, 0.2) is 10.8 Å². The van der Waals surface area contributed by atoms with E-state index >= 15 is 0 Å². The average molecular weight is 398 g/mol. The van der Waals surface area contributed by atoms with Crippen molar-refractivity contribution in [1.29, 1.82) is 0 Å². The number of anilines is 3. The predicted molar refractivity (Wildman–Crippen MR) is 108 cm³/mol. The molecule has 1 heterocycles. The second kappa shape index (κ2) is 8.40. The second-order valence-electron chi connectivity index (χ2n) is 5.60. The number of ether oxygens (including phenoxy) is 2. The van der Waals surface area contributed by atoms with Crippen molar-refractivity contribution in [1.82, 2.24) is 4.98 Å². The summed E-state index contributed by atoms with van der Waals surface area (Å²) in [5.74, 6) is 0.238. The van der Waals surface area contributed by atoms with Crippen LogP contribution in [0.2, 0.25) is 0 Å². The minimum atomic E-state index is -0.732. The fraction of sp³-hybridized carbons (Fsp3) is 0.105. The van der Waals surface area contributed by atoms with Gasteiger partial charge in [-0.05, 0) is 48.5 Å². The Morgan fingerprint density at radius 2 is 1.54 bits per heavy atom. The first kappa shape index (κ1) is 19.2. The molecule has 0 aliphatic heterocycles. The van der Waals surface area contributed by atoms with E-state index in [2.05, 4.69) is 15.6 Å². The Bertz CT molecular complexity index is 984. The highest BCUT2D eigenvalue weighted by Crippen LogP contribution is 2.31. The third kappa shape index (κ3) is 4.38. The predicted octanol–water partition coefficient (Wildman–Crippen LogP) is 3.26. The SMILES string of the molecule is COc1ccc(Nc2nc(C(N)=O)c(NC(=O)c3ccc(OC)cc3)s2)cc1. The van der Waals surface area contributed by atoms with Gasteiger partial charge in [-0.3, -0.25) is 9.59 Å². The summed E-state index contributed by atoms with van der Waals surface area (Å²) in [6, 6.07) is 13.8. The number of aromatic nitrogens is 1. The minimum Gasteiger partial charge on any atom is -0.497 e. The van der Waals surface area contributed by atoms with Gasteiger partial charge in [0.2, 0.25) is 0 Å². The average Bonchev–Trinajstić information content (AvgIpc) is 3.11. The summed E-state index contributed by atoms with van der Waals surface area (Å²) in [5.41, 5.74) is 6.55. The van der Waals surface area contributed by atoms with Gasteiger partial charge in [0.05, 0.1) is 14.2 Å². The first-order chi connectivity index (χ1) is 13.5. The zero-order valence-electron chi connectivity index (χ0n) is 15.2. The third-order valence-electron chi connectivity index (χ3n) is 3.78. The summed E-state index contributed by atoms with van der Waals surface area (Å²) in [4.78, 5) is 28.4. The van der Waals surface area contributed by atoms with Gasteiger partial charge in [0.1, 0.15) is 16.5 Å². The lowest BCUT2D eigenvalue weighted by Gasteiger charge is -2.05. The number of hydrogen-bond acceptors (Lipinski definition) is 7. The zero-order chi connectivity index (χ0) is 20.1. The highest BCUT2D eigenvalue weighted by molar-refractivity contribution is 7.20. The molecule has 3 aromatic rings. The van der Waals surface area contributed by atoms with Crippen LogP contribution in [0.4, 0.5) is 15.8 Å². The summed E-state index contributed by atoms with van der Waals surface area (Å²) in [5, 5.41) is 6.45. The molecule has 28 heavy (non-hydrogen) atoms. The minimum absolute atomic E-state index is 0.0112. The van der Waals surface area contributed by atoms with Crippen LogP contribution in [0.25, 0.3) is 0 Å². The molecule has 0 saturated carbocycles. The van der Waals surface area contributed by atoms with Crippen LogP contribution >= 0.6 is 11.3 Å². The van der Waals surface area contributed by atoms with Crippen LogP contribution in [0.1, 0.15) is 20.8 Å². The number of carbonyl (C=O) groups excluding carboxylic acids is 2. The van der Waals surface area contributed by atoms with Crippen molar-refractivity contribution in [3.8, 4) is 11.5 Å². The number of nitrogens with one attached hydrogen (secondary N) is 2. The molecular weight excluding hydrogens is 380 g/mol. The monoisotopic (exact) mass is 398 g/mol. The molecule has 3 rings (SSSR count). The summed E-state index contributed by atoms with van der Waals surface area (Å²) in [6.45, 7) is 0. The number of hydrogen-bond donors (Lipinski definition) is 3. The van der Waals surface area contributed by atoms with Gasteiger partial charge in [0.25, 0.3) is 11.8 Å². The van der Waals surface area contributed by atoms with Crippen molar-refractivity contribution in [2.45, 2.75) is 0 Å². The number of nitrogens with zero attached hydrogens (tertiary/aromatic N) is 1. The lowest BCUT2D eigenvalue weighted by atomic mass is 10.2. The van der Waals surface area contributed by atoms with Gasteiger partial charge < -0.3 is 25.8 Å². The van der Waals surface area contributed by atoms with Gasteiger partial charge in [-0.1, -0.05) is 11.3 Å². The number of rotatable bonds is 7. The van der Waals surface area contributed by atoms with Gasteiger partial charge in [-0.15, -0.1) is 0 Å². The lowest BCUT2D eigenvalue weighted by Crippen LogP contribution is -2.17. The molecular formula is C19H18N4O4S. The molecule has 0 atom stereocenters. The van der Waals surface area contributed by atoms with E-state index in [4.69, 9.17) is 15.2 Å². The van der Waals surface area contributed by atoms with Crippen LogP contribution in [0.15, 0.2) is 48.5 Å². The van der Waals surface area contributed by atoms with E-state index in [1.54, 1.807) is 62.8 Å². The highest BCUT2D eigenvalue weighted by Gasteiger charge is 2.19. The van der Waals surface area contributed by atoms with Crippen molar-refractivity contribution in [3.05, 3.63) is 59.8 Å². The molecule has 0 aliphatic rings. The maximum Gasteiger partial charge on any atom is 0.270 e. The van der Waals surface area contributed by atoms with Gasteiger partial charge in [0, 0.05) is 11.3 Å². The van der Waals surface area contributed by atoms with E-state index in [9.17, 15) is 9.59 Å². The van der Waals surface area contributed by atoms with E-state index in [-0.39, 0.29) is 16.6 Å². The Hall–Kier alpha value is -3.59. The number of primary amides is 1. The van der Waals surface area contributed by atoms with E-state index in [0.29, 0.717) is 16.4 Å². The van der Waals surface area contributed by atoms with Crippen molar-refractivity contribution in [2.75, 3.05) is 24.9 Å². The summed E-state index contributed by atoms with van der Waals surface area (Å²) >= 11 is 1.11. The molecule has 0 fully saturated rings. The van der Waals surface area contributed by atoms with Crippen LogP contribution in [0.3, 0.4) is 0 Å². The molecule has 8 nitrogen and oxygen atoms in total. The van der Waals surface area contributed by atoms with Crippen molar-refractivity contribution < 1.29 is 19.1 Å². The Morgan fingerprint density at radius 1 is 0.964 bits per heavy atom. The molecule has 2 aromatic carbocycles. The van der Waals surface area contributed by atoms with Crippen LogP contribution in [-0.4, -0.2) is 31.0 Å². The van der Waals surface area contributed by atoms with Gasteiger partial charge >= 0.3 is 0 Å². The molecule has 9 heteroatoms. The summed E-state index contributed by atoms with van der Waals surface area (Å²) in [6.07, 6.45) is 0. The first-order valence-corrected chi connectivity index (χ1v) is 8.99. The zero-order valence-corrected chi connectivity index (χ0v) is 16.0. The Morgan fingerprint density at radius 3 is 2.07 bits per heavy atom. The molecule has 0 unspecified atom stereocenters. The highest BCUT2D eigenvalue weighted by atomic mass is 32.1. The number of thiazole rings is 1. The van der Waals surface area contributed by atoms with Crippen LogP contribution in [0, 0.1) is 0 Å². The van der Waals surface area contributed by atoms with Gasteiger partial charge in [-0.2, -0.15) is 0 Å². The molecule has 0 saturated heterocycles. The first-order valence-electron chi connectivity index (χ1n) is 8.17. The Labute approximate surface area is 165 Å². The van der Waals surface area contributed by atoms with Crippen LogP contribution < -0.4 is 25.8 Å². The van der Waals surface area contributed by atoms with Crippen LogP contribution in [-0.2, 0) is 0 Å². The molecule has 0 bridgehead atoms. The maximum atomic E-state index is 12.5. The molecule has 144 valence electrons. The standard InChI is InChI=1S/C19H18N4O4S/c1-26-13-7-3-11(4-8-13)17(25)23-18-15(16(20)24)22-19(28-18)21-12-5-9-14(27-2)10-6-12/h3-10H,1-2H3,(H2,20,24)(H,21,22)(H,23,25). The molecule has 0 spiro atoms. The molecule has 2 amide bonds.